The maximum atomic E-state index is 11.0. The number of amides is 1. The summed E-state index contributed by atoms with van der Waals surface area (Å²) in [7, 11) is 0. The van der Waals surface area contributed by atoms with E-state index in [4.69, 9.17) is 5.73 Å². The smallest absolute Gasteiger partial charge is 0.221 e. The van der Waals surface area contributed by atoms with Crippen LogP contribution in [0, 0.1) is 0 Å². The second-order valence-corrected chi connectivity index (χ2v) is 3.78. The molecule has 0 aliphatic rings. The molecule has 0 saturated heterocycles. The van der Waals surface area contributed by atoms with Crippen molar-refractivity contribution in [2.45, 2.75) is 13.3 Å². The number of carbonyl (C=O) groups is 1. The van der Waals surface area contributed by atoms with E-state index in [0.717, 1.165) is 5.69 Å². The zero-order valence-corrected chi connectivity index (χ0v) is 10.00. The van der Waals surface area contributed by atoms with Gasteiger partial charge in [-0.05, 0) is 35.2 Å². The predicted molar refractivity (Wildman–Crippen MR) is 66.2 cm³/mol. The zero-order chi connectivity index (χ0) is 13.0. The minimum Gasteiger partial charge on any atom is -0.330 e. The van der Waals surface area contributed by atoms with Gasteiger partial charge in [-0.1, -0.05) is 6.07 Å². The number of anilines is 1. The highest BCUT2D eigenvalue weighted by Gasteiger charge is 2.07. The fourth-order valence-electron chi connectivity index (χ4n) is 1.61. The van der Waals surface area contributed by atoms with Gasteiger partial charge in [-0.3, -0.25) is 4.79 Å². The molecule has 2 rings (SSSR count). The Bertz CT molecular complexity index is 550. The Morgan fingerprint density at radius 3 is 3.06 bits per heavy atom. The van der Waals surface area contributed by atoms with E-state index in [2.05, 4.69) is 20.8 Å². The first-order valence-electron chi connectivity index (χ1n) is 5.56. The fraction of sp³-hybridized carbons (Fsp3) is 0.273. The highest BCUT2D eigenvalue weighted by molar-refractivity contribution is 5.88. The number of nitrogens with zero attached hydrogens (tertiary/aromatic N) is 4. The van der Waals surface area contributed by atoms with Crippen LogP contribution in [-0.2, 0) is 11.2 Å². The standard InChI is InChI=1S/C11H14N6O/c1-8(18)13-9-3-2-4-10(7-9)17-11(5-6-12)14-15-16-17/h2-4,7H,5-6,12H2,1H3,(H,13,18). The zero-order valence-electron chi connectivity index (χ0n) is 10.00. The number of nitrogens with one attached hydrogen (secondary N) is 1. The monoisotopic (exact) mass is 246 g/mol. The third kappa shape index (κ3) is 2.69. The molecule has 0 spiro atoms. The highest BCUT2D eigenvalue weighted by Crippen LogP contribution is 2.14. The van der Waals surface area contributed by atoms with Crippen molar-refractivity contribution >= 4 is 11.6 Å². The second-order valence-electron chi connectivity index (χ2n) is 3.78. The van der Waals surface area contributed by atoms with Gasteiger partial charge < -0.3 is 11.1 Å². The normalized spacial score (nSPS) is 10.3. The van der Waals surface area contributed by atoms with Crippen LogP contribution in [0.15, 0.2) is 24.3 Å². The molecular weight excluding hydrogens is 232 g/mol. The Hall–Kier alpha value is -2.28. The van der Waals surface area contributed by atoms with E-state index in [9.17, 15) is 4.79 Å². The van der Waals surface area contributed by atoms with Gasteiger partial charge in [-0.15, -0.1) is 5.10 Å². The molecule has 1 aromatic heterocycles. The van der Waals surface area contributed by atoms with Gasteiger partial charge in [0, 0.05) is 19.0 Å². The molecule has 1 heterocycles. The lowest BCUT2D eigenvalue weighted by atomic mass is 10.2. The lowest BCUT2D eigenvalue weighted by Crippen LogP contribution is -2.10. The van der Waals surface area contributed by atoms with Crippen LogP contribution in [0.3, 0.4) is 0 Å². The molecule has 94 valence electrons. The molecule has 1 aromatic carbocycles. The van der Waals surface area contributed by atoms with Gasteiger partial charge in [0.05, 0.1) is 5.69 Å². The largest absolute Gasteiger partial charge is 0.330 e. The number of hydrogen-bond acceptors (Lipinski definition) is 5. The third-order valence-corrected chi connectivity index (χ3v) is 2.31. The fourth-order valence-corrected chi connectivity index (χ4v) is 1.61. The predicted octanol–water partition coefficient (Wildman–Crippen LogP) is 0.122. The lowest BCUT2D eigenvalue weighted by Gasteiger charge is -2.06. The van der Waals surface area contributed by atoms with E-state index < -0.39 is 0 Å². The summed E-state index contributed by atoms with van der Waals surface area (Å²) in [5, 5.41) is 14.2. The van der Waals surface area contributed by atoms with Crippen molar-refractivity contribution in [3.8, 4) is 5.69 Å². The van der Waals surface area contributed by atoms with Crippen LogP contribution in [0.25, 0.3) is 5.69 Å². The average Bonchev–Trinajstić information content (AvgIpc) is 2.77. The molecule has 0 aliphatic carbocycles. The number of aromatic nitrogens is 4. The first-order valence-corrected chi connectivity index (χ1v) is 5.56. The van der Waals surface area contributed by atoms with E-state index in [1.807, 2.05) is 12.1 Å². The molecule has 0 fully saturated rings. The van der Waals surface area contributed by atoms with Crippen molar-refractivity contribution in [1.82, 2.24) is 20.2 Å². The minimum atomic E-state index is -0.119. The Morgan fingerprint density at radius 1 is 1.50 bits per heavy atom. The van der Waals surface area contributed by atoms with Crippen LogP contribution in [-0.4, -0.2) is 32.7 Å². The third-order valence-electron chi connectivity index (χ3n) is 2.31. The van der Waals surface area contributed by atoms with Gasteiger partial charge in [-0.2, -0.15) is 4.68 Å². The molecule has 0 radical (unpaired) electrons. The number of nitrogens with two attached hydrogens (primary N) is 1. The summed E-state index contributed by atoms with van der Waals surface area (Å²) in [5.41, 5.74) is 6.99. The van der Waals surface area contributed by atoms with E-state index in [1.165, 1.54) is 6.92 Å². The topological polar surface area (TPSA) is 98.7 Å². The summed E-state index contributed by atoms with van der Waals surface area (Å²) in [6.45, 7) is 1.94. The molecule has 0 bridgehead atoms. The summed E-state index contributed by atoms with van der Waals surface area (Å²) in [6.07, 6.45) is 0.595. The van der Waals surface area contributed by atoms with Crippen molar-refractivity contribution in [1.29, 1.82) is 0 Å². The molecule has 3 N–H and O–H groups in total. The Balaban J connectivity index is 2.32. The van der Waals surface area contributed by atoms with Crippen LogP contribution in [0.5, 0.6) is 0 Å². The minimum absolute atomic E-state index is 0.119. The van der Waals surface area contributed by atoms with Gasteiger partial charge in [0.1, 0.15) is 0 Å². The lowest BCUT2D eigenvalue weighted by molar-refractivity contribution is -0.114. The van der Waals surface area contributed by atoms with E-state index in [-0.39, 0.29) is 5.91 Å². The maximum absolute atomic E-state index is 11.0. The molecule has 0 aliphatic heterocycles. The molecule has 1 amide bonds. The van der Waals surface area contributed by atoms with Gasteiger partial charge in [0.15, 0.2) is 5.82 Å². The average molecular weight is 246 g/mol. The first-order chi connectivity index (χ1) is 8.70. The molecule has 2 aromatic rings. The highest BCUT2D eigenvalue weighted by atomic mass is 16.1. The van der Waals surface area contributed by atoms with Crippen LogP contribution in [0.1, 0.15) is 12.7 Å². The maximum Gasteiger partial charge on any atom is 0.221 e. The first kappa shape index (κ1) is 12.2. The number of carbonyl (C=O) groups excluding carboxylic acids is 1. The summed E-state index contributed by atoms with van der Waals surface area (Å²) < 4.78 is 1.61. The van der Waals surface area contributed by atoms with Crippen LogP contribution >= 0.6 is 0 Å². The summed E-state index contributed by atoms with van der Waals surface area (Å²) in [5.74, 6) is 0.573. The molecular formula is C11H14N6O. The van der Waals surface area contributed by atoms with E-state index >= 15 is 0 Å². The van der Waals surface area contributed by atoms with Crippen LogP contribution in [0.4, 0.5) is 5.69 Å². The van der Waals surface area contributed by atoms with Crippen molar-refractivity contribution in [2.75, 3.05) is 11.9 Å². The van der Waals surface area contributed by atoms with Gasteiger partial charge >= 0.3 is 0 Å². The molecule has 0 saturated carbocycles. The van der Waals surface area contributed by atoms with Crippen molar-refractivity contribution in [3.63, 3.8) is 0 Å². The summed E-state index contributed by atoms with van der Waals surface area (Å²) in [4.78, 5) is 11.0. The van der Waals surface area contributed by atoms with Gasteiger partial charge in [0.2, 0.25) is 5.91 Å². The Kier molecular flexibility index (Phi) is 3.63. The molecule has 7 heteroatoms. The summed E-state index contributed by atoms with van der Waals surface area (Å²) >= 11 is 0. The van der Waals surface area contributed by atoms with Gasteiger partial charge in [-0.25, -0.2) is 0 Å². The number of rotatable bonds is 4. The number of hydrogen-bond donors (Lipinski definition) is 2. The quantitative estimate of drug-likeness (QED) is 0.798. The van der Waals surface area contributed by atoms with Crippen molar-refractivity contribution in [2.24, 2.45) is 5.73 Å². The van der Waals surface area contributed by atoms with Crippen LogP contribution in [0.2, 0.25) is 0 Å². The van der Waals surface area contributed by atoms with E-state index in [0.29, 0.717) is 24.5 Å². The summed E-state index contributed by atoms with van der Waals surface area (Å²) in [6, 6.07) is 7.30. The molecule has 7 nitrogen and oxygen atoms in total. The SMILES string of the molecule is CC(=O)Nc1cccc(-n2nnnc2CCN)c1. The Morgan fingerprint density at radius 2 is 2.33 bits per heavy atom. The molecule has 18 heavy (non-hydrogen) atoms. The second kappa shape index (κ2) is 5.37. The number of tetrazole rings is 1. The number of benzene rings is 1. The van der Waals surface area contributed by atoms with E-state index in [1.54, 1.807) is 16.8 Å². The van der Waals surface area contributed by atoms with Crippen molar-refractivity contribution < 1.29 is 4.79 Å². The van der Waals surface area contributed by atoms with Gasteiger partial charge in [0.25, 0.3) is 0 Å². The molecule has 0 atom stereocenters. The van der Waals surface area contributed by atoms with Crippen molar-refractivity contribution in [3.05, 3.63) is 30.1 Å². The Labute approximate surface area is 104 Å². The van der Waals surface area contributed by atoms with Crippen LogP contribution < -0.4 is 11.1 Å². The molecule has 0 unspecified atom stereocenters.